The van der Waals surface area contributed by atoms with Crippen LogP contribution in [0.1, 0.15) is 37.7 Å². The summed E-state index contributed by atoms with van der Waals surface area (Å²) < 4.78 is 12.7. The lowest BCUT2D eigenvalue weighted by molar-refractivity contribution is -0.117. The monoisotopic (exact) mass is 431 g/mol. The van der Waals surface area contributed by atoms with Gasteiger partial charge in [0.05, 0.1) is 19.9 Å². The van der Waals surface area contributed by atoms with Crippen LogP contribution in [0.3, 0.4) is 0 Å². The van der Waals surface area contributed by atoms with E-state index in [0.29, 0.717) is 11.5 Å². The van der Waals surface area contributed by atoms with E-state index in [0.717, 1.165) is 35.3 Å². The van der Waals surface area contributed by atoms with Gasteiger partial charge in [0.1, 0.15) is 5.69 Å². The molecule has 0 unspecified atom stereocenters. The number of rotatable bonds is 7. The highest BCUT2D eigenvalue weighted by Gasteiger charge is 2.16. The molecule has 1 aliphatic carbocycles. The molecule has 6 heteroatoms. The van der Waals surface area contributed by atoms with Crippen LogP contribution in [0.5, 0.6) is 11.5 Å². The van der Waals surface area contributed by atoms with E-state index in [4.69, 9.17) is 14.6 Å². The predicted molar refractivity (Wildman–Crippen MR) is 126 cm³/mol. The number of hydrogen-bond donors (Lipinski definition) is 1. The lowest BCUT2D eigenvalue weighted by Crippen LogP contribution is -2.34. The number of aromatic nitrogens is 2. The third-order valence-corrected chi connectivity index (χ3v) is 5.79. The van der Waals surface area contributed by atoms with E-state index in [1.807, 2.05) is 65.5 Å². The molecule has 32 heavy (non-hydrogen) atoms. The van der Waals surface area contributed by atoms with Crippen LogP contribution in [0, 0.1) is 0 Å². The van der Waals surface area contributed by atoms with Crippen LogP contribution in [-0.2, 0) is 4.79 Å². The zero-order valence-electron chi connectivity index (χ0n) is 18.6. The molecule has 0 bridgehead atoms. The summed E-state index contributed by atoms with van der Waals surface area (Å²) >= 11 is 0. The van der Waals surface area contributed by atoms with Gasteiger partial charge in [0, 0.05) is 29.4 Å². The maximum Gasteiger partial charge on any atom is 0.244 e. The molecule has 1 saturated carbocycles. The summed E-state index contributed by atoms with van der Waals surface area (Å²) in [6.45, 7) is 0. The molecule has 0 aliphatic heterocycles. The van der Waals surface area contributed by atoms with Crippen LogP contribution in [0.25, 0.3) is 23.0 Å². The highest BCUT2D eigenvalue weighted by Crippen LogP contribution is 2.33. The molecular formula is C26H29N3O3. The van der Waals surface area contributed by atoms with Crippen molar-refractivity contribution in [1.82, 2.24) is 15.1 Å². The second-order valence-electron chi connectivity index (χ2n) is 7.96. The number of nitrogens with one attached hydrogen (secondary N) is 1. The largest absolute Gasteiger partial charge is 0.493 e. The molecule has 4 rings (SSSR count). The molecule has 1 aromatic heterocycles. The van der Waals surface area contributed by atoms with Gasteiger partial charge in [0.15, 0.2) is 11.5 Å². The van der Waals surface area contributed by atoms with Crippen molar-refractivity contribution in [1.29, 1.82) is 0 Å². The lowest BCUT2D eigenvalue weighted by Gasteiger charge is -2.21. The first-order valence-electron chi connectivity index (χ1n) is 11.0. The van der Waals surface area contributed by atoms with E-state index >= 15 is 0 Å². The van der Waals surface area contributed by atoms with Crippen molar-refractivity contribution in [3.05, 3.63) is 66.4 Å². The first-order valence-corrected chi connectivity index (χ1v) is 11.0. The summed E-state index contributed by atoms with van der Waals surface area (Å²) in [4.78, 5) is 12.5. The molecule has 6 nitrogen and oxygen atoms in total. The second-order valence-corrected chi connectivity index (χ2v) is 7.96. The summed E-state index contributed by atoms with van der Waals surface area (Å²) in [5, 5.41) is 7.94. The average Bonchev–Trinajstić information content (AvgIpc) is 3.28. The third-order valence-electron chi connectivity index (χ3n) is 5.79. The number of hydrogen-bond acceptors (Lipinski definition) is 4. The Labute approximate surface area is 188 Å². The summed E-state index contributed by atoms with van der Waals surface area (Å²) in [5.41, 5.74) is 3.43. The molecule has 1 aliphatic rings. The first kappa shape index (κ1) is 21.7. The van der Waals surface area contributed by atoms with E-state index in [1.54, 1.807) is 20.3 Å². The Morgan fingerprint density at radius 1 is 1.03 bits per heavy atom. The Hall–Kier alpha value is -3.54. The molecule has 0 atom stereocenters. The third kappa shape index (κ3) is 5.02. The van der Waals surface area contributed by atoms with Crippen LogP contribution >= 0.6 is 0 Å². The fourth-order valence-electron chi connectivity index (χ4n) is 4.09. The first-order chi connectivity index (χ1) is 15.7. The Morgan fingerprint density at radius 3 is 2.50 bits per heavy atom. The summed E-state index contributed by atoms with van der Waals surface area (Å²) in [6, 6.07) is 15.9. The van der Waals surface area contributed by atoms with E-state index in [9.17, 15) is 4.79 Å². The van der Waals surface area contributed by atoms with Gasteiger partial charge < -0.3 is 14.8 Å². The normalized spacial score (nSPS) is 14.4. The molecule has 0 radical (unpaired) electrons. The quantitative estimate of drug-likeness (QED) is 0.534. The van der Waals surface area contributed by atoms with E-state index in [2.05, 4.69) is 5.32 Å². The van der Waals surface area contributed by atoms with Crippen LogP contribution in [0.2, 0.25) is 0 Å². The highest BCUT2D eigenvalue weighted by molar-refractivity contribution is 5.93. The Morgan fingerprint density at radius 2 is 1.78 bits per heavy atom. The number of carbonyl (C=O) groups is 1. The van der Waals surface area contributed by atoms with Crippen molar-refractivity contribution in [3.63, 3.8) is 0 Å². The highest BCUT2D eigenvalue weighted by atomic mass is 16.5. The van der Waals surface area contributed by atoms with E-state index < -0.39 is 0 Å². The topological polar surface area (TPSA) is 65.4 Å². The maximum absolute atomic E-state index is 12.5. The maximum atomic E-state index is 12.5. The summed E-state index contributed by atoms with van der Waals surface area (Å²) in [6.07, 6.45) is 11.1. The molecule has 2 aromatic carbocycles. The molecule has 0 saturated heterocycles. The van der Waals surface area contributed by atoms with Crippen molar-refractivity contribution in [2.24, 2.45) is 0 Å². The van der Waals surface area contributed by atoms with Crippen LogP contribution in [0.15, 0.2) is 60.8 Å². The Balaban J connectivity index is 1.65. The molecule has 1 amide bonds. The van der Waals surface area contributed by atoms with Gasteiger partial charge in [-0.05, 0) is 49.2 Å². The van der Waals surface area contributed by atoms with E-state index in [-0.39, 0.29) is 11.9 Å². The van der Waals surface area contributed by atoms with Crippen molar-refractivity contribution < 1.29 is 14.3 Å². The van der Waals surface area contributed by atoms with Gasteiger partial charge in [-0.25, -0.2) is 4.68 Å². The van der Waals surface area contributed by atoms with Gasteiger partial charge in [0.25, 0.3) is 0 Å². The smallest absolute Gasteiger partial charge is 0.244 e. The average molecular weight is 432 g/mol. The van der Waals surface area contributed by atoms with Crippen LogP contribution < -0.4 is 14.8 Å². The lowest BCUT2D eigenvalue weighted by atomic mass is 9.95. The van der Waals surface area contributed by atoms with E-state index in [1.165, 1.54) is 19.3 Å². The molecule has 1 N–H and O–H groups in total. The van der Waals surface area contributed by atoms with Gasteiger partial charge >= 0.3 is 0 Å². The van der Waals surface area contributed by atoms with Crippen molar-refractivity contribution >= 4 is 12.0 Å². The molecule has 1 fully saturated rings. The number of carbonyl (C=O) groups excluding carboxylic acids is 1. The molecule has 1 heterocycles. The minimum absolute atomic E-state index is 0.0670. The van der Waals surface area contributed by atoms with Gasteiger partial charge in [-0.15, -0.1) is 0 Å². The fraction of sp³-hybridized carbons (Fsp3) is 0.308. The van der Waals surface area contributed by atoms with Crippen molar-refractivity contribution in [3.8, 4) is 28.4 Å². The van der Waals surface area contributed by atoms with Gasteiger partial charge in [0.2, 0.25) is 5.91 Å². The second kappa shape index (κ2) is 10.2. The predicted octanol–water partition coefficient (Wildman–Crippen LogP) is 5.02. The fourth-order valence-corrected chi connectivity index (χ4v) is 4.09. The number of benzene rings is 2. The zero-order valence-corrected chi connectivity index (χ0v) is 18.6. The van der Waals surface area contributed by atoms with Crippen LogP contribution in [-0.4, -0.2) is 35.9 Å². The number of amides is 1. The van der Waals surface area contributed by atoms with Crippen molar-refractivity contribution in [2.75, 3.05) is 14.2 Å². The van der Waals surface area contributed by atoms with Gasteiger partial charge in [-0.3, -0.25) is 4.79 Å². The minimum Gasteiger partial charge on any atom is -0.493 e. The molecule has 166 valence electrons. The van der Waals surface area contributed by atoms with Gasteiger partial charge in [-0.1, -0.05) is 37.5 Å². The molecule has 0 spiro atoms. The molecule has 3 aromatic rings. The number of methoxy groups -OCH3 is 2. The zero-order chi connectivity index (χ0) is 22.3. The van der Waals surface area contributed by atoms with Crippen LogP contribution in [0.4, 0.5) is 0 Å². The Bertz CT molecular complexity index is 1080. The minimum atomic E-state index is -0.0670. The number of para-hydroxylation sites is 1. The number of ether oxygens (including phenoxy) is 2. The van der Waals surface area contributed by atoms with Crippen molar-refractivity contribution in [2.45, 2.75) is 38.1 Å². The summed E-state index contributed by atoms with van der Waals surface area (Å²) in [7, 11) is 3.22. The Kier molecular flexibility index (Phi) is 6.90. The molecular weight excluding hydrogens is 402 g/mol. The summed E-state index contributed by atoms with van der Waals surface area (Å²) in [5.74, 6) is 1.22. The van der Waals surface area contributed by atoms with Gasteiger partial charge in [-0.2, -0.15) is 5.10 Å². The SMILES string of the molecule is COc1ccc(-c2nn(-c3ccccc3)cc2/C=C/C(=O)NC2CCCCC2)cc1OC. The number of nitrogens with zero attached hydrogens (tertiary/aromatic N) is 2. The standard InChI is InChI=1S/C26H29N3O3/c1-31-23-15-13-19(17-24(23)32-2)26-20(18-29(28-26)22-11-7-4-8-12-22)14-16-25(30)27-21-9-5-3-6-10-21/h4,7-8,11-18,21H,3,5-6,9-10H2,1-2H3,(H,27,30)/b16-14+.